The Morgan fingerprint density at radius 3 is 1.85 bits per heavy atom. The highest BCUT2D eigenvalue weighted by Gasteiger charge is 2.31. The standard InChI is InChI=1S/C21H30N4O8/c1-11(2)17(22)20(31)24-13(8-12-6-4-3-5-7-12)18(29)23-14(9-16(27)28)19(30)25-15(10-26)21(32)33/h3-7,11,13-15,17,26H,8-10,22H2,1-2H3,(H,23,29)(H,24,31)(H,25,30)(H,27,28)(H,32,33). The van der Waals surface area contributed by atoms with Gasteiger partial charge in [0.1, 0.15) is 18.1 Å². The molecule has 1 rings (SSSR count). The first-order valence-electron chi connectivity index (χ1n) is 10.2. The van der Waals surface area contributed by atoms with E-state index < -0.39 is 66.9 Å². The molecule has 0 aliphatic rings. The lowest BCUT2D eigenvalue weighted by Gasteiger charge is -2.25. The van der Waals surface area contributed by atoms with Crippen molar-refractivity contribution in [3.8, 4) is 0 Å². The van der Waals surface area contributed by atoms with Gasteiger partial charge in [-0.05, 0) is 11.5 Å². The molecule has 4 unspecified atom stereocenters. The number of nitrogens with two attached hydrogens (primary N) is 1. The molecule has 0 heterocycles. The number of benzene rings is 1. The van der Waals surface area contributed by atoms with Crippen molar-refractivity contribution in [3.05, 3.63) is 35.9 Å². The highest BCUT2D eigenvalue weighted by molar-refractivity contribution is 5.95. The minimum absolute atomic E-state index is 0.0268. The van der Waals surface area contributed by atoms with Gasteiger partial charge in [0.2, 0.25) is 17.7 Å². The molecule has 0 aliphatic carbocycles. The number of hydrogen-bond acceptors (Lipinski definition) is 7. The summed E-state index contributed by atoms with van der Waals surface area (Å²) in [7, 11) is 0. The average Bonchev–Trinajstić information content (AvgIpc) is 2.75. The fraction of sp³-hybridized carbons (Fsp3) is 0.476. The summed E-state index contributed by atoms with van der Waals surface area (Å²) in [5.41, 5.74) is 6.53. The summed E-state index contributed by atoms with van der Waals surface area (Å²) in [4.78, 5) is 60.1. The summed E-state index contributed by atoms with van der Waals surface area (Å²) < 4.78 is 0. The number of carboxylic acids is 2. The molecule has 0 spiro atoms. The zero-order valence-corrected chi connectivity index (χ0v) is 18.4. The zero-order valence-electron chi connectivity index (χ0n) is 18.4. The van der Waals surface area contributed by atoms with E-state index in [4.69, 9.17) is 21.1 Å². The van der Waals surface area contributed by atoms with E-state index in [1.54, 1.807) is 44.2 Å². The number of hydrogen-bond donors (Lipinski definition) is 7. The molecule has 1 aromatic rings. The lowest BCUT2D eigenvalue weighted by Crippen LogP contribution is -2.58. The van der Waals surface area contributed by atoms with Gasteiger partial charge in [0.25, 0.3) is 0 Å². The molecule has 0 aromatic heterocycles. The van der Waals surface area contributed by atoms with Crippen molar-refractivity contribution in [2.75, 3.05) is 6.61 Å². The van der Waals surface area contributed by atoms with E-state index in [1.165, 1.54) is 0 Å². The van der Waals surface area contributed by atoms with Crippen molar-refractivity contribution >= 4 is 29.7 Å². The summed E-state index contributed by atoms with van der Waals surface area (Å²) >= 11 is 0. The number of aliphatic carboxylic acids is 2. The predicted octanol–water partition coefficient (Wildman–Crippen LogP) is -1.78. The van der Waals surface area contributed by atoms with E-state index >= 15 is 0 Å². The van der Waals surface area contributed by atoms with Crippen LogP contribution in [0.3, 0.4) is 0 Å². The summed E-state index contributed by atoms with van der Waals surface area (Å²) in [6, 6.07) is 3.22. The number of aliphatic hydroxyl groups excluding tert-OH is 1. The maximum atomic E-state index is 13.0. The normalized spacial score (nSPS) is 14.5. The van der Waals surface area contributed by atoms with Gasteiger partial charge in [0.05, 0.1) is 19.1 Å². The molecule has 4 atom stereocenters. The quantitative estimate of drug-likeness (QED) is 0.175. The van der Waals surface area contributed by atoms with Gasteiger partial charge in [0.15, 0.2) is 0 Å². The first-order chi connectivity index (χ1) is 15.5. The Kier molecular flexibility index (Phi) is 11.0. The number of amides is 3. The number of carboxylic acid groups (broad SMARTS) is 2. The first-order valence-corrected chi connectivity index (χ1v) is 10.2. The molecular formula is C21H30N4O8. The van der Waals surface area contributed by atoms with Crippen LogP contribution in [-0.2, 0) is 30.4 Å². The molecule has 3 amide bonds. The third kappa shape index (κ3) is 9.25. The van der Waals surface area contributed by atoms with Crippen LogP contribution >= 0.6 is 0 Å². The number of carbonyl (C=O) groups is 5. The third-order valence-corrected chi connectivity index (χ3v) is 4.75. The number of rotatable bonds is 13. The van der Waals surface area contributed by atoms with Crippen molar-refractivity contribution in [3.63, 3.8) is 0 Å². The monoisotopic (exact) mass is 466 g/mol. The summed E-state index contributed by atoms with van der Waals surface area (Å²) in [5, 5.41) is 33.9. The average molecular weight is 466 g/mol. The van der Waals surface area contributed by atoms with Gasteiger partial charge >= 0.3 is 11.9 Å². The van der Waals surface area contributed by atoms with E-state index in [-0.39, 0.29) is 12.3 Å². The van der Waals surface area contributed by atoms with Crippen molar-refractivity contribution in [2.45, 2.75) is 50.9 Å². The van der Waals surface area contributed by atoms with Crippen LogP contribution in [0.15, 0.2) is 30.3 Å². The maximum Gasteiger partial charge on any atom is 0.328 e. The van der Waals surface area contributed by atoms with Crippen LogP contribution in [0.2, 0.25) is 0 Å². The van der Waals surface area contributed by atoms with Crippen molar-refractivity contribution in [2.24, 2.45) is 11.7 Å². The lowest BCUT2D eigenvalue weighted by molar-refractivity contribution is -0.144. The van der Waals surface area contributed by atoms with Gasteiger partial charge < -0.3 is 37.0 Å². The Balaban J connectivity index is 3.09. The van der Waals surface area contributed by atoms with E-state index in [0.717, 1.165) is 0 Å². The predicted molar refractivity (Wildman–Crippen MR) is 116 cm³/mol. The highest BCUT2D eigenvalue weighted by Crippen LogP contribution is 2.07. The van der Waals surface area contributed by atoms with Gasteiger partial charge in [-0.1, -0.05) is 44.2 Å². The van der Waals surface area contributed by atoms with Crippen LogP contribution in [0.5, 0.6) is 0 Å². The van der Waals surface area contributed by atoms with Crippen molar-refractivity contribution < 1.29 is 39.3 Å². The molecule has 1 aromatic carbocycles. The van der Waals surface area contributed by atoms with E-state index in [2.05, 4.69) is 10.6 Å². The second-order valence-corrected chi connectivity index (χ2v) is 7.76. The van der Waals surface area contributed by atoms with Crippen LogP contribution in [0.4, 0.5) is 0 Å². The summed E-state index contributed by atoms with van der Waals surface area (Å²) in [6.45, 7) is 2.52. The number of carbonyl (C=O) groups excluding carboxylic acids is 3. The minimum atomic E-state index is -1.69. The molecule has 0 saturated heterocycles. The fourth-order valence-corrected chi connectivity index (χ4v) is 2.74. The largest absolute Gasteiger partial charge is 0.481 e. The van der Waals surface area contributed by atoms with Crippen LogP contribution in [0.25, 0.3) is 0 Å². The third-order valence-electron chi connectivity index (χ3n) is 4.75. The number of nitrogens with one attached hydrogen (secondary N) is 3. The lowest BCUT2D eigenvalue weighted by atomic mass is 10.0. The topological polar surface area (TPSA) is 208 Å². The van der Waals surface area contributed by atoms with Crippen LogP contribution in [0.1, 0.15) is 25.8 Å². The van der Waals surface area contributed by atoms with Crippen LogP contribution < -0.4 is 21.7 Å². The van der Waals surface area contributed by atoms with E-state index in [0.29, 0.717) is 5.56 Å². The Morgan fingerprint density at radius 2 is 1.36 bits per heavy atom. The summed E-state index contributed by atoms with van der Waals surface area (Å²) in [5.74, 6) is -5.77. The molecule has 0 aliphatic heterocycles. The molecule has 33 heavy (non-hydrogen) atoms. The first kappa shape index (κ1) is 27.5. The zero-order chi connectivity index (χ0) is 25.1. The SMILES string of the molecule is CC(C)C(N)C(=O)NC(Cc1ccccc1)C(=O)NC(CC(=O)O)C(=O)NC(CO)C(=O)O. The van der Waals surface area contributed by atoms with Crippen LogP contribution in [0, 0.1) is 5.92 Å². The fourth-order valence-electron chi connectivity index (χ4n) is 2.74. The molecule has 8 N–H and O–H groups in total. The molecule has 12 heteroatoms. The smallest absolute Gasteiger partial charge is 0.328 e. The Labute approximate surface area is 190 Å². The van der Waals surface area contributed by atoms with Crippen LogP contribution in [-0.4, -0.2) is 75.8 Å². The highest BCUT2D eigenvalue weighted by atomic mass is 16.4. The van der Waals surface area contributed by atoms with Gasteiger partial charge in [-0.3, -0.25) is 19.2 Å². The van der Waals surface area contributed by atoms with Gasteiger partial charge in [0, 0.05) is 6.42 Å². The van der Waals surface area contributed by atoms with Gasteiger partial charge in [-0.2, -0.15) is 0 Å². The molecule has 0 radical (unpaired) electrons. The van der Waals surface area contributed by atoms with Gasteiger partial charge in [-0.15, -0.1) is 0 Å². The van der Waals surface area contributed by atoms with Crippen molar-refractivity contribution in [1.82, 2.24) is 16.0 Å². The molecule has 12 nitrogen and oxygen atoms in total. The summed E-state index contributed by atoms with van der Waals surface area (Å²) in [6.07, 6.45) is -0.827. The molecule has 0 bridgehead atoms. The Morgan fingerprint density at radius 1 is 0.848 bits per heavy atom. The minimum Gasteiger partial charge on any atom is -0.481 e. The molecule has 0 fully saturated rings. The Hall–Kier alpha value is -3.51. The van der Waals surface area contributed by atoms with E-state index in [1.807, 2.05) is 5.32 Å². The second kappa shape index (κ2) is 13.1. The molecule has 182 valence electrons. The van der Waals surface area contributed by atoms with E-state index in [9.17, 15) is 24.0 Å². The van der Waals surface area contributed by atoms with Gasteiger partial charge in [-0.25, -0.2) is 4.79 Å². The second-order valence-electron chi connectivity index (χ2n) is 7.76. The number of aliphatic hydroxyl groups is 1. The molecular weight excluding hydrogens is 436 g/mol. The van der Waals surface area contributed by atoms with Crippen molar-refractivity contribution in [1.29, 1.82) is 0 Å². The maximum absolute atomic E-state index is 13.0. The molecule has 0 saturated carbocycles. The Bertz CT molecular complexity index is 846.